The summed E-state index contributed by atoms with van der Waals surface area (Å²) in [4.78, 5) is 0. The molecular weight excluding hydrogens is 241 g/mol. The molecule has 2 nitrogen and oxygen atoms in total. The number of nitrogens with one attached hydrogen (secondary N) is 1. The third kappa shape index (κ3) is 3.47. The molecule has 1 N–H and O–H groups in total. The Bertz CT molecular complexity index is 427. The minimum atomic E-state index is -0.304. The number of ether oxygens (including phenoxy) is 1. The lowest BCUT2D eigenvalue weighted by Crippen LogP contribution is -2.31. The fraction of sp³-hybridized carbons (Fsp3) is 0.625. The van der Waals surface area contributed by atoms with E-state index in [0.717, 1.165) is 12.1 Å². The Balaban J connectivity index is 1.97. The van der Waals surface area contributed by atoms with Gasteiger partial charge in [0, 0.05) is 12.6 Å². The van der Waals surface area contributed by atoms with Crippen molar-refractivity contribution in [2.24, 2.45) is 5.41 Å². The summed E-state index contributed by atoms with van der Waals surface area (Å²) in [7, 11) is 1.50. The van der Waals surface area contributed by atoms with Gasteiger partial charge in [-0.15, -0.1) is 0 Å². The van der Waals surface area contributed by atoms with Crippen LogP contribution in [0.5, 0.6) is 5.75 Å². The second kappa shape index (κ2) is 5.91. The number of hydrogen-bond donors (Lipinski definition) is 1. The van der Waals surface area contributed by atoms with E-state index in [4.69, 9.17) is 4.74 Å². The smallest absolute Gasteiger partial charge is 0.165 e. The Hall–Kier alpha value is -1.09. The third-order valence-electron chi connectivity index (χ3n) is 4.32. The molecule has 0 radical (unpaired) electrons. The molecule has 1 aliphatic rings. The van der Waals surface area contributed by atoms with Gasteiger partial charge in [-0.25, -0.2) is 4.39 Å². The molecular formula is C16H24FNO. The van der Waals surface area contributed by atoms with Gasteiger partial charge in [0.1, 0.15) is 0 Å². The Morgan fingerprint density at radius 3 is 2.68 bits per heavy atom. The largest absolute Gasteiger partial charge is 0.494 e. The highest BCUT2D eigenvalue weighted by atomic mass is 19.1. The molecule has 0 heterocycles. The van der Waals surface area contributed by atoms with Gasteiger partial charge >= 0.3 is 0 Å². The van der Waals surface area contributed by atoms with Gasteiger partial charge in [-0.3, -0.25) is 0 Å². The minimum absolute atomic E-state index is 0.215. The van der Waals surface area contributed by atoms with Crippen LogP contribution in [-0.4, -0.2) is 13.7 Å². The van der Waals surface area contributed by atoms with E-state index in [0.29, 0.717) is 11.2 Å². The summed E-state index contributed by atoms with van der Waals surface area (Å²) < 4.78 is 18.4. The summed E-state index contributed by atoms with van der Waals surface area (Å²) in [5, 5.41) is 3.57. The van der Waals surface area contributed by atoms with Crippen LogP contribution in [0.2, 0.25) is 0 Å². The first-order chi connectivity index (χ1) is 9.04. The number of hydrogen-bond acceptors (Lipinski definition) is 2. The summed E-state index contributed by atoms with van der Waals surface area (Å²) in [6.07, 6.45) is 5.30. The van der Waals surface area contributed by atoms with Crippen molar-refractivity contribution >= 4 is 0 Å². The van der Waals surface area contributed by atoms with Gasteiger partial charge in [0.2, 0.25) is 0 Å². The van der Waals surface area contributed by atoms with Gasteiger partial charge in [0.05, 0.1) is 7.11 Å². The maximum atomic E-state index is 13.4. The lowest BCUT2D eigenvalue weighted by atomic mass is 9.88. The van der Waals surface area contributed by atoms with Crippen molar-refractivity contribution in [3.05, 3.63) is 29.6 Å². The third-order valence-corrected chi connectivity index (χ3v) is 4.32. The molecule has 3 heteroatoms. The van der Waals surface area contributed by atoms with Crippen LogP contribution in [0.3, 0.4) is 0 Å². The van der Waals surface area contributed by atoms with Gasteiger partial charge in [0.25, 0.3) is 0 Å². The highest BCUT2D eigenvalue weighted by Gasteiger charge is 2.28. The summed E-state index contributed by atoms with van der Waals surface area (Å²) in [6.45, 7) is 5.49. The molecule has 1 saturated carbocycles. The van der Waals surface area contributed by atoms with Crippen LogP contribution in [0.1, 0.15) is 51.1 Å². The second-order valence-corrected chi connectivity index (χ2v) is 6.01. The van der Waals surface area contributed by atoms with Crippen LogP contribution in [0.15, 0.2) is 18.2 Å². The highest BCUT2D eigenvalue weighted by Crippen LogP contribution is 2.37. The average Bonchev–Trinajstić information content (AvgIpc) is 2.84. The van der Waals surface area contributed by atoms with Gasteiger partial charge in [-0.2, -0.15) is 0 Å². The fourth-order valence-electron chi connectivity index (χ4n) is 2.87. The maximum Gasteiger partial charge on any atom is 0.165 e. The molecule has 1 aromatic carbocycles. The van der Waals surface area contributed by atoms with Crippen LogP contribution in [-0.2, 0) is 0 Å². The molecule has 1 fully saturated rings. The van der Waals surface area contributed by atoms with E-state index in [1.54, 1.807) is 6.07 Å². The Morgan fingerprint density at radius 2 is 2.05 bits per heavy atom. The molecule has 1 unspecified atom stereocenters. The molecule has 0 aromatic heterocycles. The SMILES string of the molecule is COc1cc(C(C)NCC2(C)CCCC2)ccc1F. The molecule has 0 spiro atoms. The van der Waals surface area contributed by atoms with Crippen molar-refractivity contribution < 1.29 is 9.13 Å². The summed E-state index contributed by atoms with van der Waals surface area (Å²) in [5.74, 6) is 0.0134. The van der Waals surface area contributed by atoms with Crippen LogP contribution in [0.25, 0.3) is 0 Å². The van der Waals surface area contributed by atoms with E-state index in [2.05, 4.69) is 19.2 Å². The molecule has 0 aliphatic heterocycles. The lowest BCUT2D eigenvalue weighted by molar-refractivity contribution is 0.301. The Labute approximate surface area is 115 Å². The standard InChI is InChI=1S/C16H24FNO/c1-12(18-11-16(2)8-4-5-9-16)13-6-7-14(17)15(10-13)19-3/h6-7,10,12,18H,4-5,8-9,11H2,1-3H3. The molecule has 0 bridgehead atoms. The summed E-state index contributed by atoms with van der Waals surface area (Å²) >= 11 is 0. The monoisotopic (exact) mass is 265 g/mol. The van der Waals surface area contributed by atoms with Crippen molar-refractivity contribution in [3.8, 4) is 5.75 Å². The van der Waals surface area contributed by atoms with E-state index < -0.39 is 0 Å². The van der Waals surface area contributed by atoms with Crippen molar-refractivity contribution in [2.45, 2.75) is 45.6 Å². The van der Waals surface area contributed by atoms with E-state index in [-0.39, 0.29) is 11.9 Å². The van der Waals surface area contributed by atoms with Gasteiger partial charge in [-0.05, 0) is 42.9 Å². The van der Waals surface area contributed by atoms with Crippen molar-refractivity contribution in [3.63, 3.8) is 0 Å². The first kappa shape index (κ1) is 14.3. The van der Waals surface area contributed by atoms with E-state index in [1.807, 2.05) is 6.07 Å². The first-order valence-electron chi connectivity index (χ1n) is 7.11. The summed E-state index contributed by atoms with van der Waals surface area (Å²) in [5.41, 5.74) is 1.50. The quantitative estimate of drug-likeness (QED) is 0.866. The molecule has 19 heavy (non-hydrogen) atoms. The zero-order valence-electron chi connectivity index (χ0n) is 12.1. The molecule has 0 amide bonds. The lowest BCUT2D eigenvalue weighted by Gasteiger charge is -2.26. The average molecular weight is 265 g/mol. The molecule has 0 saturated heterocycles. The van der Waals surface area contributed by atoms with Gasteiger partial charge in [0.15, 0.2) is 11.6 Å². The van der Waals surface area contributed by atoms with Gasteiger partial charge in [-0.1, -0.05) is 25.8 Å². The normalized spacial score (nSPS) is 19.4. The zero-order valence-corrected chi connectivity index (χ0v) is 12.1. The predicted molar refractivity (Wildman–Crippen MR) is 75.9 cm³/mol. The summed E-state index contributed by atoms with van der Waals surface area (Å²) in [6, 6.07) is 5.30. The zero-order chi connectivity index (χ0) is 13.9. The molecule has 1 aromatic rings. The van der Waals surface area contributed by atoms with E-state index in [9.17, 15) is 4.39 Å². The fourth-order valence-corrected chi connectivity index (χ4v) is 2.87. The maximum absolute atomic E-state index is 13.4. The number of benzene rings is 1. The van der Waals surface area contributed by atoms with Crippen LogP contribution in [0.4, 0.5) is 4.39 Å². The van der Waals surface area contributed by atoms with E-state index >= 15 is 0 Å². The number of methoxy groups -OCH3 is 1. The van der Waals surface area contributed by atoms with Crippen LogP contribution in [0, 0.1) is 11.2 Å². The molecule has 1 aliphatic carbocycles. The van der Waals surface area contributed by atoms with Crippen LogP contribution >= 0.6 is 0 Å². The topological polar surface area (TPSA) is 21.3 Å². The number of halogens is 1. The minimum Gasteiger partial charge on any atom is -0.494 e. The number of rotatable bonds is 5. The predicted octanol–water partition coefficient (Wildman–Crippen LogP) is 4.07. The molecule has 2 rings (SSSR count). The van der Waals surface area contributed by atoms with Gasteiger partial charge < -0.3 is 10.1 Å². The van der Waals surface area contributed by atoms with Crippen molar-refractivity contribution in [1.82, 2.24) is 5.32 Å². The highest BCUT2D eigenvalue weighted by molar-refractivity contribution is 5.31. The van der Waals surface area contributed by atoms with Crippen LogP contribution < -0.4 is 10.1 Å². The molecule has 106 valence electrons. The van der Waals surface area contributed by atoms with E-state index in [1.165, 1.54) is 38.9 Å². The molecule has 1 atom stereocenters. The Morgan fingerprint density at radius 1 is 1.37 bits per heavy atom. The van der Waals surface area contributed by atoms with Crippen molar-refractivity contribution in [1.29, 1.82) is 0 Å². The second-order valence-electron chi connectivity index (χ2n) is 6.01. The Kier molecular flexibility index (Phi) is 4.46. The van der Waals surface area contributed by atoms with Crippen molar-refractivity contribution in [2.75, 3.05) is 13.7 Å². The first-order valence-corrected chi connectivity index (χ1v) is 7.11.